The number of pyridine rings is 3. The maximum Gasteiger partial charge on any atom is 0.511 e. The molecule has 33 nitrogen and oxygen atoms in total. The van der Waals surface area contributed by atoms with Crippen LogP contribution in [0.2, 0.25) is 15.1 Å². The second-order valence-electron chi connectivity index (χ2n) is 29.0. The molecule has 15 rings (SSSR count). The van der Waals surface area contributed by atoms with Crippen molar-refractivity contribution >= 4 is 88.7 Å². The first-order chi connectivity index (χ1) is 56.5. The zero-order valence-electron chi connectivity index (χ0n) is 64.9. The highest BCUT2D eigenvalue weighted by Crippen LogP contribution is 2.46. The standard InChI is InChI=1S/C27H29ClFN3O8.2C26H27ClFN3O8/c1-13(2)38-27(36)40-14(3)39-23-21-25(35)31-10-5-11-37-26(31)18-9-8-17(32(18)21)19(22(23)33)24(34)30-12-15-6-4-7-16(28)20(15)29;1-13(2)39-26(35)38-12-37-22-20-24(34)30-9-4-10-36-25(30)17-8-7-16(31(17)20)18(21(22)32)23(33)29-11-14-5-3-6-15(27)19(14)28;1-3-36-26(35)39-13(2)38-22-20-24(34)30-10-5-11-37-25(30)17-9-8-16(31(17)20)18(21(22)32)23(33)29-12-14-6-4-7-15(27)19(14)28/h4,6-7,13-14,18,26H,5,8-12H2,1-3H3,(H,30,34);3,5-6,13,17,25H,4,7-12H2,1-2H3,(H,29,33);4,6-7,13,17,25H,3,5,8-12H2,1-2H3,(H,29,33)/t14?,18-,26+;17-,25+;13?,17-,25+/m111/s1. The molecule has 6 aromatic rings. The summed E-state index contributed by atoms with van der Waals surface area (Å²) in [5.41, 5.74) is -1.85. The van der Waals surface area contributed by atoms with Crippen LogP contribution in [0.25, 0.3) is 0 Å². The summed E-state index contributed by atoms with van der Waals surface area (Å²) in [7, 11) is 0. The number of carbonyl (C=O) groups excluding carboxylic acids is 9. The minimum atomic E-state index is -1.33. The summed E-state index contributed by atoms with van der Waals surface area (Å²) in [4.78, 5) is 163. The van der Waals surface area contributed by atoms with Gasteiger partial charge in [0.2, 0.25) is 52.9 Å². The predicted octanol–water partition coefficient (Wildman–Crippen LogP) is 9.86. The van der Waals surface area contributed by atoms with E-state index < -0.39 is 155 Å². The van der Waals surface area contributed by atoms with E-state index in [1.807, 2.05) is 0 Å². The highest BCUT2D eigenvalue weighted by molar-refractivity contribution is 6.31. The number of nitrogens with one attached hydrogen (secondary N) is 3. The number of ether oxygens (including phenoxy) is 12. The van der Waals surface area contributed by atoms with E-state index in [0.29, 0.717) is 114 Å². The molecule has 3 saturated heterocycles. The minimum Gasteiger partial charge on any atom is -0.451 e. The molecular weight excluding hydrogens is 1620 g/mol. The third kappa shape index (κ3) is 17.0. The van der Waals surface area contributed by atoms with Crippen molar-refractivity contribution in [3.8, 4) is 17.2 Å². The van der Waals surface area contributed by atoms with E-state index in [0.717, 1.165) is 0 Å². The zero-order valence-corrected chi connectivity index (χ0v) is 67.1. The lowest BCUT2D eigenvalue weighted by Crippen LogP contribution is -2.55. The Hall–Kier alpha value is -10.9. The van der Waals surface area contributed by atoms with Crippen molar-refractivity contribution in [1.82, 2.24) is 44.4 Å². The van der Waals surface area contributed by atoms with Crippen LogP contribution in [0.3, 0.4) is 0 Å². The first kappa shape index (κ1) is 85.0. The Morgan fingerprint density at radius 2 is 0.780 bits per heavy atom. The Morgan fingerprint density at radius 3 is 1.13 bits per heavy atom. The number of carbonyl (C=O) groups is 9. The van der Waals surface area contributed by atoms with Crippen LogP contribution in [0, 0.1) is 17.5 Å². The van der Waals surface area contributed by atoms with Gasteiger partial charge in [-0.3, -0.25) is 43.2 Å². The minimum absolute atomic E-state index is 0.0301. The second-order valence-corrected chi connectivity index (χ2v) is 30.2. The van der Waals surface area contributed by atoms with Crippen molar-refractivity contribution in [3.05, 3.63) is 185 Å². The Kier molecular flexibility index (Phi) is 26.0. The molecule has 3 aromatic heterocycles. The summed E-state index contributed by atoms with van der Waals surface area (Å²) in [5, 5.41) is 7.45. The molecule has 9 aliphatic heterocycles. The van der Waals surface area contributed by atoms with Gasteiger partial charge in [0.1, 0.15) is 34.1 Å². The number of hydrogen-bond acceptors (Lipinski definition) is 24. The molecule has 118 heavy (non-hydrogen) atoms. The first-order valence-corrected chi connectivity index (χ1v) is 39.5. The van der Waals surface area contributed by atoms with Gasteiger partial charge in [-0.05, 0) is 111 Å². The van der Waals surface area contributed by atoms with Crippen LogP contribution >= 0.6 is 34.8 Å². The van der Waals surface area contributed by atoms with Gasteiger partial charge in [0.15, 0.2) is 35.8 Å². The summed E-state index contributed by atoms with van der Waals surface area (Å²) >= 11 is 17.5. The second kappa shape index (κ2) is 36.1. The predicted molar refractivity (Wildman–Crippen MR) is 407 cm³/mol. The van der Waals surface area contributed by atoms with Crippen molar-refractivity contribution in [2.24, 2.45) is 0 Å². The van der Waals surface area contributed by atoms with Gasteiger partial charge in [-0.2, -0.15) is 0 Å². The van der Waals surface area contributed by atoms with Crippen LogP contribution in [-0.2, 0) is 81.5 Å². The number of fused-ring (bicyclic) bond motifs is 6. The smallest absolute Gasteiger partial charge is 0.451 e. The molecule has 9 aliphatic rings. The molecule has 3 aromatic carbocycles. The lowest BCUT2D eigenvalue weighted by atomic mass is 10.1. The number of aromatic nitrogens is 3. The fourth-order valence-corrected chi connectivity index (χ4v) is 16.5. The van der Waals surface area contributed by atoms with Crippen LogP contribution < -0.4 is 46.4 Å². The van der Waals surface area contributed by atoms with Crippen molar-refractivity contribution in [2.45, 2.75) is 187 Å². The third-order valence-electron chi connectivity index (χ3n) is 20.7. The number of amides is 6. The van der Waals surface area contributed by atoms with Crippen molar-refractivity contribution < 1.29 is 113 Å². The summed E-state index contributed by atoms with van der Waals surface area (Å²) < 4.78 is 113. The number of nitrogens with zero attached hydrogens (tertiary/aromatic N) is 6. The Labute approximate surface area is 685 Å². The van der Waals surface area contributed by atoms with Gasteiger partial charge < -0.3 is 101 Å². The summed E-state index contributed by atoms with van der Waals surface area (Å²) in [6.07, 6.45) is -3.83. The Bertz CT molecular complexity index is 5220. The number of rotatable bonds is 21. The van der Waals surface area contributed by atoms with Crippen LogP contribution in [0.15, 0.2) is 69.0 Å². The van der Waals surface area contributed by atoms with E-state index >= 15 is 0 Å². The molecule has 630 valence electrons. The molecule has 6 amide bonds. The van der Waals surface area contributed by atoms with Gasteiger partial charge in [0.05, 0.1) is 71.8 Å². The van der Waals surface area contributed by atoms with Crippen LogP contribution in [0.4, 0.5) is 27.6 Å². The normalized spacial score (nSPS) is 19.9. The molecule has 8 atom stereocenters. The molecule has 0 saturated carbocycles. The van der Waals surface area contributed by atoms with Gasteiger partial charge in [-0.15, -0.1) is 0 Å². The maximum absolute atomic E-state index is 14.4. The van der Waals surface area contributed by atoms with Gasteiger partial charge in [-0.25, -0.2) is 27.6 Å². The van der Waals surface area contributed by atoms with E-state index in [1.165, 1.54) is 50.2 Å². The lowest BCUT2D eigenvalue weighted by Gasteiger charge is -2.44. The number of halogens is 6. The molecule has 12 heterocycles. The molecule has 0 bridgehead atoms. The average Bonchev–Trinajstić information content (AvgIpc) is 1.42. The molecule has 3 fully saturated rings. The summed E-state index contributed by atoms with van der Waals surface area (Å²) in [6.45, 7) is 12.3. The van der Waals surface area contributed by atoms with Gasteiger partial charge >= 0.3 is 18.5 Å². The highest BCUT2D eigenvalue weighted by Gasteiger charge is 2.53. The molecular formula is C79H83Cl3F3N9O24. The van der Waals surface area contributed by atoms with E-state index in [4.69, 9.17) is 91.6 Å². The van der Waals surface area contributed by atoms with E-state index in [-0.39, 0.29) is 110 Å². The molecule has 0 radical (unpaired) electrons. The quantitative estimate of drug-likeness (QED) is 0.0342. The maximum atomic E-state index is 14.4. The van der Waals surface area contributed by atoms with Gasteiger partial charge in [0, 0.05) is 86.9 Å². The van der Waals surface area contributed by atoms with Crippen LogP contribution in [0.1, 0.15) is 201 Å². The molecule has 39 heteroatoms. The van der Waals surface area contributed by atoms with Gasteiger partial charge in [-0.1, -0.05) is 71.2 Å². The topological polar surface area (TPSA) is 376 Å². The zero-order chi connectivity index (χ0) is 84.4. The molecule has 2 unspecified atom stereocenters. The number of benzene rings is 3. The summed E-state index contributed by atoms with van der Waals surface area (Å²) in [5.74, 6) is -7.07. The fraction of sp³-hybridized carbons (Fsp3) is 0.468. The van der Waals surface area contributed by atoms with E-state index in [2.05, 4.69) is 16.0 Å². The SMILES string of the molecule is CC(C)OC(=O)OC(C)Oc1c2n3c(c(C(=O)NCc4cccc(Cl)c4F)c1=O)CC[C@@H]3[C@@H]1OCCCN1C2=O.CC(C)OC(=O)OCOc1c2n3c(c(C(=O)NCc4cccc(Cl)c4F)c1=O)CC[C@@H]3[C@@H]1OCCCN1C2=O.CCOC(=O)OC(C)Oc1c2n3c(c(C(=O)NCc4cccc(Cl)c4F)c1=O)CC[C@@H]3[C@@H]1OCCCN1C2=O. The number of hydrogen-bond donors (Lipinski definition) is 3. The highest BCUT2D eigenvalue weighted by atomic mass is 35.5. The fourth-order valence-electron chi connectivity index (χ4n) is 15.9. The average molecular weight is 1710 g/mol. The van der Waals surface area contributed by atoms with Crippen LogP contribution in [0.5, 0.6) is 17.2 Å². The van der Waals surface area contributed by atoms with Gasteiger partial charge in [0.25, 0.3) is 35.4 Å². The molecule has 0 aliphatic carbocycles. The Balaban J connectivity index is 0.000000153. The molecule has 3 N–H and O–H groups in total. The van der Waals surface area contributed by atoms with Crippen LogP contribution in [-0.4, -0.2) is 179 Å². The van der Waals surface area contributed by atoms with Crippen molar-refractivity contribution in [1.29, 1.82) is 0 Å². The first-order valence-electron chi connectivity index (χ1n) is 38.3. The van der Waals surface area contributed by atoms with E-state index in [9.17, 15) is 70.7 Å². The molecule has 0 spiro atoms. The third-order valence-corrected chi connectivity index (χ3v) is 21.6. The Morgan fingerprint density at radius 1 is 0.458 bits per heavy atom. The monoisotopic (exact) mass is 1700 g/mol. The summed E-state index contributed by atoms with van der Waals surface area (Å²) in [6, 6.07) is 12.1. The van der Waals surface area contributed by atoms with Crippen molar-refractivity contribution in [2.75, 3.05) is 52.9 Å². The van der Waals surface area contributed by atoms with E-state index in [1.54, 1.807) is 81.2 Å². The largest absolute Gasteiger partial charge is 0.511 e. The lowest BCUT2D eigenvalue weighted by molar-refractivity contribution is -0.110. The van der Waals surface area contributed by atoms with Crippen molar-refractivity contribution in [3.63, 3.8) is 0 Å².